The van der Waals surface area contributed by atoms with Crippen LogP contribution in [0.25, 0.3) is 5.57 Å². The number of rotatable bonds is 3. The SMILES string of the molecule is O=C1/C(=C2/SC(=S)N([C@H]3CCS(=O)(=O)C3)C2=O)c2ccccc2N1Cc1ccccc1Cl. The number of halogens is 1. The van der Waals surface area contributed by atoms with Gasteiger partial charge >= 0.3 is 0 Å². The van der Waals surface area contributed by atoms with Gasteiger partial charge in [0.25, 0.3) is 11.8 Å². The van der Waals surface area contributed by atoms with Gasteiger partial charge in [-0.2, -0.15) is 0 Å². The Morgan fingerprint density at radius 1 is 1.06 bits per heavy atom. The molecule has 0 saturated carbocycles. The first-order valence-electron chi connectivity index (χ1n) is 9.91. The van der Waals surface area contributed by atoms with Crippen molar-refractivity contribution in [3.63, 3.8) is 0 Å². The van der Waals surface area contributed by atoms with Crippen LogP contribution in [0.3, 0.4) is 0 Å². The third kappa shape index (κ3) is 3.57. The molecule has 5 rings (SSSR count). The number of hydrogen-bond donors (Lipinski definition) is 0. The fourth-order valence-electron chi connectivity index (χ4n) is 4.28. The molecule has 2 saturated heterocycles. The van der Waals surface area contributed by atoms with Crippen molar-refractivity contribution in [2.24, 2.45) is 0 Å². The summed E-state index contributed by atoms with van der Waals surface area (Å²) < 4.78 is 24.2. The fraction of sp³-hybridized carbons (Fsp3) is 0.227. The largest absolute Gasteiger partial charge is 0.303 e. The van der Waals surface area contributed by atoms with Gasteiger partial charge in [-0.05, 0) is 24.1 Å². The monoisotopic (exact) mass is 504 g/mol. The highest BCUT2D eigenvalue weighted by molar-refractivity contribution is 8.26. The first kappa shape index (κ1) is 21.6. The van der Waals surface area contributed by atoms with Gasteiger partial charge in [0.2, 0.25) is 0 Å². The van der Waals surface area contributed by atoms with Crippen LogP contribution >= 0.6 is 35.6 Å². The molecule has 2 amide bonds. The van der Waals surface area contributed by atoms with Gasteiger partial charge in [-0.3, -0.25) is 14.5 Å². The maximum atomic E-state index is 13.6. The summed E-state index contributed by atoms with van der Waals surface area (Å²) in [6.45, 7) is 0.264. The van der Waals surface area contributed by atoms with E-state index in [1.165, 1.54) is 4.90 Å². The minimum absolute atomic E-state index is 0.0357. The number of anilines is 1. The number of para-hydroxylation sites is 1. The van der Waals surface area contributed by atoms with E-state index >= 15 is 0 Å². The molecule has 10 heteroatoms. The van der Waals surface area contributed by atoms with Crippen LogP contribution in [0.4, 0.5) is 5.69 Å². The Balaban J connectivity index is 1.55. The van der Waals surface area contributed by atoms with Crippen molar-refractivity contribution in [3.8, 4) is 0 Å². The number of fused-ring (bicyclic) bond motifs is 1. The van der Waals surface area contributed by atoms with Gasteiger partial charge in [0.05, 0.1) is 40.3 Å². The maximum absolute atomic E-state index is 13.6. The van der Waals surface area contributed by atoms with Crippen LogP contribution in [0, 0.1) is 0 Å². The Morgan fingerprint density at radius 2 is 1.78 bits per heavy atom. The van der Waals surface area contributed by atoms with Crippen LogP contribution in [0.5, 0.6) is 0 Å². The zero-order chi connectivity index (χ0) is 22.6. The second kappa shape index (κ2) is 7.98. The van der Waals surface area contributed by atoms with Gasteiger partial charge in [-0.1, -0.05) is 72.0 Å². The van der Waals surface area contributed by atoms with Crippen molar-refractivity contribution < 1.29 is 18.0 Å². The van der Waals surface area contributed by atoms with Crippen LogP contribution in [0.15, 0.2) is 53.4 Å². The number of sulfone groups is 1. The summed E-state index contributed by atoms with van der Waals surface area (Å²) in [7, 11) is -3.19. The minimum Gasteiger partial charge on any atom is -0.303 e. The molecule has 2 aromatic carbocycles. The molecule has 0 unspecified atom stereocenters. The molecule has 3 aliphatic heterocycles. The van der Waals surface area contributed by atoms with Crippen molar-refractivity contribution in [2.75, 3.05) is 16.4 Å². The lowest BCUT2D eigenvalue weighted by atomic mass is 10.1. The topological polar surface area (TPSA) is 74.8 Å². The highest BCUT2D eigenvalue weighted by Gasteiger charge is 2.46. The average molecular weight is 505 g/mol. The standard InChI is InChI=1S/C22H17ClN2O4S3/c23-16-7-3-1-5-13(16)11-24-17-8-4-2-6-15(17)18(20(24)26)19-21(27)25(22(30)31-19)14-9-10-32(28,29)12-14/h1-8,14H,9-12H2/b19-18+/t14-/m0/s1. The molecule has 164 valence electrons. The number of carbonyl (C=O) groups excluding carboxylic acids is 2. The molecule has 1 atom stereocenters. The van der Waals surface area contributed by atoms with E-state index in [4.69, 9.17) is 23.8 Å². The average Bonchev–Trinajstić information content (AvgIpc) is 3.34. The lowest BCUT2D eigenvalue weighted by Gasteiger charge is -2.21. The highest BCUT2D eigenvalue weighted by Crippen LogP contribution is 2.46. The van der Waals surface area contributed by atoms with Crippen molar-refractivity contribution in [1.29, 1.82) is 0 Å². The van der Waals surface area contributed by atoms with E-state index in [1.54, 1.807) is 11.0 Å². The van der Waals surface area contributed by atoms with Crippen molar-refractivity contribution in [2.45, 2.75) is 19.0 Å². The highest BCUT2D eigenvalue weighted by atomic mass is 35.5. The molecule has 0 N–H and O–H groups in total. The van der Waals surface area contributed by atoms with Crippen molar-refractivity contribution in [1.82, 2.24) is 4.90 Å². The van der Waals surface area contributed by atoms with Gasteiger partial charge < -0.3 is 4.90 Å². The van der Waals surface area contributed by atoms with E-state index in [0.29, 0.717) is 28.3 Å². The zero-order valence-corrected chi connectivity index (χ0v) is 19.9. The number of carbonyl (C=O) groups is 2. The van der Waals surface area contributed by atoms with Gasteiger partial charge in [0, 0.05) is 10.6 Å². The molecule has 0 aromatic heterocycles. The third-order valence-corrected chi connectivity index (χ3v) is 9.33. The molecule has 2 fully saturated rings. The molecular formula is C22H17ClN2O4S3. The fourth-order valence-corrected chi connectivity index (χ4v) is 7.64. The number of hydrogen-bond acceptors (Lipinski definition) is 6. The zero-order valence-electron chi connectivity index (χ0n) is 16.7. The van der Waals surface area contributed by atoms with Gasteiger partial charge in [-0.15, -0.1) is 0 Å². The second-order valence-electron chi connectivity index (χ2n) is 7.80. The number of thioether (sulfide) groups is 1. The molecule has 0 spiro atoms. The molecule has 32 heavy (non-hydrogen) atoms. The molecule has 0 radical (unpaired) electrons. The van der Waals surface area contributed by atoms with Gasteiger partial charge in [0.1, 0.15) is 4.32 Å². The quantitative estimate of drug-likeness (QED) is 0.469. The van der Waals surface area contributed by atoms with E-state index in [1.807, 2.05) is 42.5 Å². The lowest BCUT2D eigenvalue weighted by Crippen LogP contribution is -2.39. The minimum atomic E-state index is -3.19. The molecule has 2 aromatic rings. The van der Waals surface area contributed by atoms with Gasteiger partial charge in [0.15, 0.2) is 9.84 Å². The van der Waals surface area contributed by atoms with E-state index < -0.39 is 21.8 Å². The summed E-state index contributed by atoms with van der Waals surface area (Å²) in [4.78, 5) is 30.1. The first-order valence-corrected chi connectivity index (χ1v) is 13.3. The molecular weight excluding hydrogens is 488 g/mol. The summed E-state index contributed by atoms with van der Waals surface area (Å²) in [5.74, 6) is -0.773. The first-order chi connectivity index (χ1) is 15.3. The predicted molar refractivity (Wildman–Crippen MR) is 130 cm³/mol. The normalized spacial score (nSPS) is 24.5. The summed E-state index contributed by atoms with van der Waals surface area (Å²) in [5, 5.41) is 0.556. The van der Waals surface area contributed by atoms with Crippen LogP contribution in [-0.4, -0.2) is 47.0 Å². The third-order valence-electron chi connectivity index (χ3n) is 5.81. The van der Waals surface area contributed by atoms with Gasteiger partial charge in [-0.25, -0.2) is 8.42 Å². The maximum Gasteiger partial charge on any atom is 0.267 e. The number of nitrogens with zero attached hydrogens (tertiary/aromatic N) is 2. The Kier molecular flexibility index (Phi) is 5.40. The lowest BCUT2D eigenvalue weighted by molar-refractivity contribution is -0.123. The van der Waals surface area contributed by atoms with E-state index in [0.717, 1.165) is 17.3 Å². The number of benzene rings is 2. The predicted octanol–water partition coefficient (Wildman–Crippen LogP) is 3.65. The summed E-state index contributed by atoms with van der Waals surface area (Å²) in [5.41, 5.74) is 2.45. The van der Waals surface area contributed by atoms with Crippen LogP contribution in [0.1, 0.15) is 17.5 Å². The van der Waals surface area contributed by atoms with Crippen LogP contribution in [-0.2, 0) is 26.0 Å². The molecule has 6 nitrogen and oxygen atoms in total. The number of thiocarbonyl (C=S) groups is 1. The second-order valence-corrected chi connectivity index (χ2v) is 12.1. The van der Waals surface area contributed by atoms with E-state index in [-0.39, 0.29) is 33.2 Å². The molecule has 0 bridgehead atoms. The Hall–Kier alpha value is -2.20. The van der Waals surface area contributed by atoms with Crippen LogP contribution < -0.4 is 4.90 Å². The number of amides is 2. The summed E-state index contributed by atoms with van der Waals surface area (Å²) in [6.07, 6.45) is 0.348. The smallest absolute Gasteiger partial charge is 0.267 e. The Labute approximate surface area is 200 Å². The summed E-state index contributed by atoms with van der Waals surface area (Å²) in [6, 6.07) is 14.1. The molecule has 3 aliphatic rings. The Bertz CT molecular complexity index is 1320. The van der Waals surface area contributed by atoms with Crippen molar-refractivity contribution >= 4 is 72.8 Å². The van der Waals surface area contributed by atoms with Crippen LogP contribution in [0.2, 0.25) is 5.02 Å². The summed E-state index contributed by atoms with van der Waals surface area (Å²) >= 11 is 12.8. The van der Waals surface area contributed by atoms with E-state index in [9.17, 15) is 18.0 Å². The van der Waals surface area contributed by atoms with E-state index in [2.05, 4.69) is 0 Å². The van der Waals surface area contributed by atoms with Crippen molar-refractivity contribution in [3.05, 3.63) is 69.6 Å². The molecule has 3 heterocycles. The Morgan fingerprint density at radius 3 is 2.50 bits per heavy atom. The molecule has 0 aliphatic carbocycles.